The van der Waals surface area contributed by atoms with Gasteiger partial charge in [0.1, 0.15) is 5.82 Å². The number of hydrogen-bond acceptors (Lipinski definition) is 3. The van der Waals surface area contributed by atoms with Crippen molar-refractivity contribution in [3.8, 4) is 0 Å². The molecule has 2 heterocycles. The van der Waals surface area contributed by atoms with Gasteiger partial charge in [-0.05, 0) is 19.3 Å². The highest BCUT2D eigenvalue weighted by atomic mass is 35.5. The maximum absolute atomic E-state index is 6.32. The lowest BCUT2D eigenvalue weighted by atomic mass is 10.0. The number of fused-ring (bicyclic) bond motifs is 1. The van der Waals surface area contributed by atoms with Crippen LogP contribution >= 0.6 is 11.6 Å². The molecule has 5 heteroatoms. The average molecular weight is 253 g/mol. The molecule has 17 heavy (non-hydrogen) atoms. The predicted octanol–water partition coefficient (Wildman–Crippen LogP) is 2.63. The van der Waals surface area contributed by atoms with Crippen LogP contribution in [0.15, 0.2) is 12.4 Å². The van der Waals surface area contributed by atoms with Gasteiger partial charge in [0.15, 0.2) is 5.65 Å². The molecule has 2 aromatic heterocycles. The molecule has 0 aliphatic rings. The predicted molar refractivity (Wildman–Crippen MR) is 68.3 cm³/mol. The standard InChI is InChI=1S/C12H17ClN4/c1-8(2)6-10(13)7-11-12-16-15-9(3)17(12)5-4-14-11/h4-5,8,10H,6-7H2,1-3H3. The van der Waals surface area contributed by atoms with Gasteiger partial charge in [-0.25, -0.2) is 0 Å². The van der Waals surface area contributed by atoms with Gasteiger partial charge in [-0.3, -0.25) is 9.38 Å². The van der Waals surface area contributed by atoms with Crippen molar-refractivity contribution < 1.29 is 0 Å². The van der Waals surface area contributed by atoms with Gasteiger partial charge in [0, 0.05) is 24.2 Å². The lowest BCUT2D eigenvalue weighted by molar-refractivity contribution is 0.559. The van der Waals surface area contributed by atoms with Crippen LogP contribution in [0.2, 0.25) is 0 Å². The number of alkyl halides is 1. The molecule has 92 valence electrons. The quantitative estimate of drug-likeness (QED) is 0.786. The van der Waals surface area contributed by atoms with Gasteiger partial charge in [0.25, 0.3) is 0 Å². The third kappa shape index (κ3) is 2.75. The highest BCUT2D eigenvalue weighted by Gasteiger charge is 2.13. The van der Waals surface area contributed by atoms with E-state index in [9.17, 15) is 0 Å². The zero-order chi connectivity index (χ0) is 12.4. The van der Waals surface area contributed by atoms with Crippen molar-refractivity contribution in [2.75, 3.05) is 0 Å². The van der Waals surface area contributed by atoms with Crippen LogP contribution in [0.5, 0.6) is 0 Å². The molecule has 0 saturated carbocycles. The maximum Gasteiger partial charge on any atom is 0.182 e. The van der Waals surface area contributed by atoms with Gasteiger partial charge >= 0.3 is 0 Å². The largest absolute Gasteiger partial charge is 0.284 e. The highest BCUT2D eigenvalue weighted by molar-refractivity contribution is 6.20. The van der Waals surface area contributed by atoms with Crippen molar-refractivity contribution in [3.05, 3.63) is 23.9 Å². The van der Waals surface area contributed by atoms with E-state index in [1.807, 2.05) is 17.5 Å². The molecule has 2 rings (SSSR count). The van der Waals surface area contributed by atoms with E-state index in [4.69, 9.17) is 11.6 Å². The van der Waals surface area contributed by atoms with Crippen LogP contribution in [0, 0.1) is 12.8 Å². The second-order valence-electron chi connectivity index (χ2n) is 4.75. The van der Waals surface area contributed by atoms with Gasteiger partial charge < -0.3 is 0 Å². The molecule has 0 radical (unpaired) electrons. The number of hydrogen-bond donors (Lipinski definition) is 0. The van der Waals surface area contributed by atoms with Crippen LogP contribution in [0.3, 0.4) is 0 Å². The van der Waals surface area contributed by atoms with Crippen molar-refractivity contribution in [2.45, 2.75) is 39.0 Å². The topological polar surface area (TPSA) is 43.1 Å². The average Bonchev–Trinajstić information content (AvgIpc) is 2.61. The third-order valence-corrected chi connectivity index (χ3v) is 3.04. The molecule has 1 atom stereocenters. The van der Waals surface area contributed by atoms with E-state index in [1.54, 1.807) is 6.20 Å². The minimum Gasteiger partial charge on any atom is -0.284 e. The third-order valence-electron chi connectivity index (χ3n) is 2.71. The van der Waals surface area contributed by atoms with Crippen molar-refractivity contribution in [1.82, 2.24) is 19.6 Å². The van der Waals surface area contributed by atoms with Crippen molar-refractivity contribution in [1.29, 1.82) is 0 Å². The summed E-state index contributed by atoms with van der Waals surface area (Å²) < 4.78 is 1.95. The Balaban J connectivity index is 2.24. The molecule has 0 bridgehead atoms. The van der Waals surface area contributed by atoms with Crippen LogP contribution in [0.4, 0.5) is 0 Å². The molecule has 0 N–H and O–H groups in total. The molecule has 2 aromatic rings. The normalized spacial score (nSPS) is 13.5. The molecular formula is C12H17ClN4. The Labute approximate surface area is 106 Å². The first kappa shape index (κ1) is 12.3. The molecule has 0 aliphatic heterocycles. The lowest BCUT2D eigenvalue weighted by Gasteiger charge is -2.11. The van der Waals surface area contributed by atoms with Crippen molar-refractivity contribution in [3.63, 3.8) is 0 Å². The van der Waals surface area contributed by atoms with E-state index in [0.29, 0.717) is 5.92 Å². The fraction of sp³-hybridized carbons (Fsp3) is 0.583. The Kier molecular flexibility index (Phi) is 3.62. The summed E-state index contributed by atoms with van der Waals surface area (Å²) in [6.45, 7) is 6.27. The van der Waals surface area contributed by atoms with E-state index in [2.05, 4.69) is 29.0 Å². The first-order chi connectivity index (χ1) is 8.08. The smallest absolute Gasteiger partial charge is 0.182 e. The monoisotopic (exact) mass is 252 g/mol. The molecule has 1 unspecified atom stereocenters. The summed E-state index contributed by atoms with van der Waals surface area (Å²) in [4.78, 5) is 4.36. The number of aromatic nitrogens is 4. The lowest BCUT2D eigenvalue weighted by Crippen LogP contribution is -2.09. The number of aryl methyl sites for hydroxylation is 1. The molecule has 0 spiro atoms. The van der Waals surface area contributed by atoms with E-state index >= 15 is 0 Å². The maximum atomic E-state index is 6.32. The van der Waals surface area contributed by atoms with E-state index < -0.39 is 0 Å². The fourth-order valence-electron chi connectivity index (χ4n) is 1.94. The molecular weight excluding hydrogens is 236 g/mol. The number of nitrogens with zero attached hydrogens (tertiary/aromatic N) is 4. The van der Waals surface area contributed by atoms with E-state index in [1.165, 1.54) is 0 Å². The first-order valence-corrected chi connectivity index (χ1v) is 6.31. The molecule has 0 amide bonds. The molecule has 0 saturated heterocycles. The number of rotatable bonds is 4. The Morgan fingerprint density at radius 2 is 2.12 bits per heavy atom. The molecule has 0 aromatic carbocycles. The van der Waals surface area contributed by atoms with Gasteiger partial charge in [-0.1, -0.05) is 13.8 Å². The summed E-state index contributed by atoms with van der Waals surface area (Å²) in [5.74, 6) is 1.47. The summed E-state index contributed by atoms with van der Waals surface area (Å²) in [6, 6.07) is 0. The Hall–Kier alpha value is -1.16. The second-order valence-corrected chi connectivity index (χ2v) is 5.36. The van der Waals surface area contributed by atoms with Crippen LogP contribution in [0.25, 0.3) is 5.65 Å². The fourth-order valence-corrected chi connectivity index (χ4v) is 2.44. The van der Waals surface area contributed by atoms with E-state index in [-0.39, 0.29) is 5.38 Å². The minimum absolute atomic E-state index is 0.103. The summed E-state index contributed by atoms with van der Waals surface area (Å²) in [7, 11) is 0. The summed E-state index contributed by atoms with van der Waals surface area (Å²) >= 11 is 6.32. The first-order valence-electron chi connectivity index (χ1n) is 5.87. The zero-order valence-corrected chi connectivity index (χ0v) is 11.1. The SMILES string of the molecule is Cc1nnc2c(CC(Cl)CC(C)C)nccn12. The van der Waals surface area contributed by atoms with Gasteiger partial charge in [0.2, 0.25) is 0 Å². The van der Waals surface area contributed by atoms with Crippen LogP contribution in [0.1, 0.15) is 31.8 Å². The number of halogens is 1. The molecule has 0 aliphatic carbocycles. The van der Waals surface area contributed by atoms with Crippen LogP contribution in [-0.2, 0) is 6.42 Å². The summed E-state index contributed by atoms with van der Waals surface area (Å²) in [5.41, 5.74) is 1.74. The van der Waals surface area contributed by atoms with Gasteiger partial charge in [-0.15, -0.1) is 21.8 Å². The van der Waals surface area contributed by atoms with Crippen molar-refractivity contribution in [2.24, 2.45) is 5.92 Å². The summed E-state index contributed by atoms with van der Waals surface area (Å²) in [6.07, 6.45) is 5.37. The van der Waals surface area contributed by atoms with Crippen LogP contribution < -0.4 is 0 Å². The molecule has 0 fully saturated rings. The zero-order valence-electron chi connectivity index (χ0n) is 10.4. The Morgan fingerprint density at radius 3 is 2.82 bits per heavy atom. The van der Waals surface area contributed by atoms with Gasteiger partial charge in [-0.2, -0.15) is 0 Å². The minimum atomic E-state index is 0.103. The Bertz CT molecular complexity index is 506. The van der Waals surface area contributed by atoms with Crippen molar-refractivity contribution >= 4 is 17.2 Å². The Morgan fingerprint density at radius 1 is 1.35 bits per heavy atom. The van der Waals surface area contributed by atoms with Gasteiger partial charge in [0.05, 0.1) is 5.69 Å². The van der Waals surface area contributed by atoms with Crippen LogP contribution in [-0.4, -0.2) is 25.0 Å². The second kappa shape index (κ2) is 5.00. The summed E-state index contributed by atoms with van der Waals surface area (Å²) in [5, 5.41) is 8.30. The molecule has 4 nitrogen and oxygen atoms in total. The highest BCUT2D eigenvalue weighted by Crippen LogP contribution is 2.17. The van der Waals surface area contributed by atoms with E-state index in [0.717, 1.165) is 30.0 Å².